The predicted molar refractivity (Wildman–Crippen MR) is 49.5 cm³/mol. The first-order valence-corrected chi connectivity index (χ1v) is 4.51. The second-order valence-corrected chi connectivity index (χ2v) is 3.76. The molecule has 0 aromatic heterocycles. The predicted octanol–water partition coefficient (Wildman–Crippen LogP) is 1.20. The standard InChI is InChI=1S/C8H15N3O3/c1-5-7(6(4-12)10-11-9)14-8(2,3)13-5/h5-7,12H,4H2,1-3H3/t5-,6?,7-/m1/s1. The summed E-state index contributed by atoms with van der Waals surface area (Å²) < 4.78 is 11.0. The number of hydrogen-bond acceptors (Lipinski definition) is 4. The number of aliphatic hydroxyl groups excluding tert-OH is 1. The van der Waals surface area contributed by atoms with Crippen LogP contribution in [0, 0.1) is 0 Å². The Hall–Kier alpha value is -0.810. The molecule has 1 aliphatic rings. The highest BCUT2D eigenvalue weighted by Gasteiger charge is 2.42. The molecule has 14 heavy (non-hydrogen) atoms. The highest BCUT2D eigenvalue weighted by molar-refractivity contribution is 4.88. The Kier molecular flexibility index (Phi) is 3.34. The minimum atomic E-state index is -0.678. The number of aliphatic hydroxyl groups is 1. The summed E-state index contributed by atoms with van der Waals surface area (Å²) in [5.41, 5.74) is 8.30. The van der Waals surface area contributed by atoms with Crippen LogP contribution in [-0.2, 0) is 9.47 Å². The van der Waals surface area contributed by atoms with Gasteiger partial charge >= 0.3 is 0 Å². The lowest BCUT2D eigenvalue weighted by Gasteiger charge is -2.19. The van der Waals surface area contributed by atoms with E-state index < -0.39 is 11.8 Å². The van der Waals surface area contributed by atoms with E-state index >= 15 is 0 Å². The summed E-state index contributed by atoms with van der Waals surface area (Å²) in [6.07, 6.45) is -0.571. The van der Waals surface area contributed by atoms with Crippen molar-refractivity contribution >= 4 is 0 Å². The van der Waals surface area contributed by atoms with E-state index in [2.05, 4.69) is 10.0 Å². The van der Waals surface area contributed by atoms with Crippen molar-refractivity contribution in [2.45, 2.75) is 44.8 Å². The first-order chi connectivity index (χ1) is 6.50. The Morgan fingerprint density at radius 1 is 1.57 bits per heavy atom. The topological polar surface area (TPSA) is 87.5 Å². The molecule has 0 radical (unpaired) electrons. The molecular weight excluding hydrogens is 186 g/mol. The highest BCUT2D eigenvalue weighted by atomic mass is 16.8. The van der Waals surface area contributed by atoms with Gasteiger partial charge in [-0.2, -0.15) is 0 Å². The van der Waals surface area contributed by atoms with Gasteiger partial charge in [-0.05, 0) is 26.3 Å². The van der Waals surface area contributed by atoms with Crippen LogP contribution in [0.3, 0.4) is 0 Å². The van der Waals surface area contributed by atoms with E-state index in [9.17, 15) is 0 Å². The van der Waals surface area contributed by atoms with Gasteiger partial charge in [0.1, 0.15) is 0 Å². The summed E-state index contributed by atoms with van der Waals surface area (Å²) in [6, 6.07) is -0.586. The van der Waals surface area contributed by atoms with Gasteiger partial charge in [0.05, 0.1) is 24.9 Å². The maximum atomic E-state index is 9.01. The van der Waals surface area contributed by atoms with Gasteiger partial charge in [-0.1, -0.05) is 5.11 Å². The molecule has 6 nitrogen and oxygen atoms in total. The van der Waals surface area contributed by atoms with Crippen LogP contribution >= 0.6 is 0 Å². The van der Waals surface area contributed by atoms with Crippen molar-refractivity contribution in [2.75, 3.05) is 6.61 Å². The third kappa shape index (κ3) is 2.36. The number of nitrogens with zero attached hydrogens (tertiary/aromatic N) is 3. The van der Waals surface area contributed by atoms with E-state index in [-0.39, 0.29) is 18.8 Å². The smallest absolute Gasteiger partial charge is 0.163 e. The third-order valence-electron chi connectivity index (χ3n) is 2.12. The van der Waals surface area contributed by atoms with Crippen molar-refractivity contribution in [1.82, 2.24) is 0 Å². The SMILES string of the molecule is C[C@H]1OC(C)(C)O[C@H]1C(CO)N=[N+]=[N-]. The van der Waals surface area contributed by atoms with Gasteiger partial charge in [0, 0.05) is 4.91 Å². The van der Waals surface area contributed by atoms with Crippen LogP contribution in [0.15, 0.2) is 5.11 Å². The second-order valence-electron chi connectivity index (χ2n) is 3.76. The van der Waals surface area contributed by atoms with Crippen molar-refractivity contribution in [2.24, 2.45) is 5.11 Å². The fourth-order valence-electron chi connectivity index (χ4n) is 1.63. The van der Waals surface area contributed by atoms with Gasteiger partial charge < -0.3 is 14.6 Å². The lowest BCUT2D eigenvalue weighted by Crippen LogP contribution is -2.35. The number of hydrogen-bond donors (Lipinski definition) is 1. The van der Waals surface area contributed by atoms with E-state index in [4.69, 9.17) is 20.1 Å². The van der Waals surface area contributed by atoms with Crippen molar-refractivity contribution in [3.05, 3.63) is 10.4 Å². The van der Waals surface area contributed by atoms with Crippen LogP contribution in [0.25, 0.3) is 10.4 Å². The summed E-state index contributed by atoms with van der Waals surface area (Å²) in [6.45, 7) is 5.16. The minimum absolute atomic E-state index is 0.187. The molecule has 80 valence electrons. The molecule has 1 N–H and O–H groups in total. The molecule has 0 aromatic carbocycles. The molecule has 3 atom stereocenters. The van der Waals surface area contributed by atoms with E-state index in [1.54, 1.807) is 13.8 Å². The monoisotopic (exact) mass is 201 g/mol. The molecule has 0 bridgehead atoms. The maximum absolute atomic E-state index is 9.01. The molecular formula is C8H15N3O3. The number of ether oxygens (including phenoxy) is 2. The first kappa shape index (κ1) is 11.3. The van der Waals surface area contributed by atoms with Crippen LogP contribution in [0.5, 0.6) is 0 Å². The van der Waals surface area contributed by atoms with Crippen LogP contribution < -0.4 is 0 Å². The Labute approximate surface area is 82.4 Å². The van der Waals surface area contributed by atoms with Crippen molar-refractivity contribution in [3.8, 4) is 0 Å². The molecule has 1 rings (SSSR count). The lowest BCUT2D eigenvalue weighted by molar-refractivity contribution is -0.147. The van der Waals surface area contributed by atoms with Gasteiger partial charge in [0.25, 0.3) is 0 Å². The largest absolute Gasteiger partial charge is 0.396 e. The molecule has 6 heteroatoms. The van der Waals surface area contributed by atoms with E-state index in [1.807, 2.05) is 6.92 Å². The van der Waals surface area contributed by atoms with E-state index in [0.717, 1.165) is 0 Å². The first-order valence-electron chi connectivity index (χ1n) is 4.51. The van der Waals surface area contributed by atoms with Crippen LogP contribution in [0.2, 0.25) is 0 Å². The van der Waals surface area contributed by atoms with Crippen molar-refractivity contribution in [1.29, 1.82) is 0 Å². The lowest BCUT2D eigenvalue weighted by atomic mass is 10.1. The van der Waals surface area contributed by atoms with Crippen molar-refractivity contribution in [3.63, 3.8) is 0 Å². The molecule has 0 spiro atoms. The van der Waals surface area contributed by atoms with Crippen LogP contribution in [0.4, 0.5) is 0 Å². The second kappa shape index (κ2) is 4.14. The van der Waals surface area contributed by atoms with Gasteiger partial charge in [0.15, 0.2) is 5.79 Å². The minimum Gasteiger partial charge on any atom is -0.396 e. The third-order valence-corrected chi connectivity index (χ3v) is 2.12. The van der Waals surface area contributed by atoms with Crippen LogP contribution in [-0.4, -0.2) is 35.8 Å². The summed E-state index contributed by atoms with van der Waals surface area (Å²) >= 11 is 0. The Morgan fingerprint density at radius 2 is 2.21 bits per heavy atom. The molecule has 1 heterocycles. The van der Waals surface area contributed by atoms with Gasteiger partial charge in [-0.25, -0.2) is 0 Å². The molecule has 1 saturated heterocycles. The fourth-order valence-corrected chi connectivity index (χ4v) is 1.63. The Morgan fingerprint density at radius 3 is 2.57 bits per heavy atom. The molecule has 0 aliphatic carbocycles. The summed E-state index contributed by atoms with van der Waals surface area (Å²) in [5, 5.41) is 12.5. The summed E-state index contributed by atoms with van der Waals surface area (Å²) in [7, 11) is 0. The Balaban J connectivity index is 2.72. The maximum Gasteiger partial charge on any atom is 0.163 e. The quantitative estimate of drug-likeness (QED) is 0.422. The van der Waals surface area contributed by atoms with E-state index in [0.29, 0.717) is 0 Å². The average Bonchev–Trinajstić information content (AvgIpc) is 2.35. The van der Waals surface area contributed by atoms with Crippen molar-refractivity contribution < 1.29 is 14.6 Å². The molecule has 0 aromatic rings. The summed E-state index contributed by atoms with van der Waals surface area (Å²) in [5.74, 6) is -0.678. The van der Waals surface area contributed by atoms with Gasteiger partial charge in [0.2, 0.25) is 0 Å². The molecule has 1 fully saturated rings. The van der Waals surface area contributed by atoms with Crippen LogP contribution in [0.1, 0.15) is 20.8 Å². The fraction of sp³-hybridized carbons (Fsp3) is 1.00. The zero-order valence-electron chi connectivity index (χ0n) is 8.54. The zero-order valence-corrected chi connectivity index (χ0v) is 8.54. The molecule has 1 unspecified atom stereocenters. The number of rotatable bonds is 3. The highest BCUT2D eigenvalue weighted by Crippen LogP contribution is 2.30. The molecule has 0 saturated carbocycles. The molecule has 1 aliphatic heterocycles. The average molecular weight is 201 g/mol. The zero-order chi connectivity index (χ0) is 10.8. The molecule has 0 amide bonds. The van der Waals surface area contributed by atoms with Gasteiger partial charge in [-0.15, -0.1) is 0 Å². The Bertz CT molecular complexity index is 250. The van der Waals surface area contributed by atoms with Gasteiger partial charge in [-0.3, -0.25) is 0 Å². The normalized spacial score (nSPS) is 32.3. The number of azide groups is 1. The summed E-state index contributed by atoms with van der Waals surface area (Å²) in [4.78, 5) is 2.66. The van der Waals surface area contributed by atoms with E-state index in [1.165, 1.54) is 0 Å².